The highest BCUT2D eigenvalue weighted by Gasteiger charge is 2.09. The van der Waals surface area contributed by atoms with Crippen molar-refractivity contribution in [1.29, 1.82) is 0 Å². The van der Waals surface area contributed by atoms with Crippen LogP contribution in [-0.2, 0) is 19.4 Å². The molecule has 0 bridgehead atoms. The van der Waals surface area contributed by atoms with Crippen LogP contribution in [0.3, 0.4) is 0 Å². The Morgan fingerprint density at radius 1 is 1.12 bits per heavy atom. The molecule has 138 valence electrons. The maximum atomic E-state index is 7.00. The van der Waals surface area contributed by atoms with Crippen molar-refractivity contribution >= 4 is 16.5 Å². The topological polar surface area (TPSA) is 60.4 Å². The fourth-order valence-corrected chi connectivity index (χ4v) is 3.68. The lowest BCUT2D eigenvalue weighted by atomic mass is 10.1. The zero-order chi connectivity index (χ0) is 17.9. The van der Waals surface area contributed by atoms with Crippen molar-refractivity contribution in [3.8, 4) is 0 Å². The van der Waals surface area contributed by atoms with Gasteiger partial charge in [-0.2, -0.15) is 0 Å². The van der Waals surface area contributed by atoms with Crippen LogP contribution < -0.4 is 10.6 Å². The monoisotopic (exact) mass is 362 g/mol. The molecule has 0 saturated carbocycles. The molecule has 1 saturated heterocycles. The molecule has 1 aliphatic heterocycles. The number of thiazole rings is 1. The molecule has 2 heterocycles. The van der Waals surface area contributed by atoms with Crippen molar-refractivity contribution in [2.45, 2.75) is 26.3 Å². The van der Waals surface area contributed by atoms with Gasteiger partial charge in [-0.05, 0) is 30.9 Å². The van der Waals surface area contributed by atoms with E-state index in [1.807, 2.05) is 0 Å². The Labute approximate surface area is 155 Å². The molecule has 5 nitrogen and oxygen atoms in total. The average Bonchev–Trinajstić information content (AvgIpc) is 3.12. The van der Waals surface area contributed by atoms with Crippen LogP contribution in [0, 0.1) is 0 Å². The summed E-state index contributed by atoms with van der Waals surface area (Å²) in [6.07, 6.45) is 2.07. The molecule has 1 aromatic carbocycles. The predicted octanol–water partition coefficient (Wildman–Crippen LogP) is 2.37. The number of aliphatic hydroxyl groups excluding tert-OH is 1. The number of anilines is 1. The number of aryl methyl sites for hydroxylation is 2. The summed E-state index contributed by atoms with van der Waals surface area (Å²) in [6.45, 7) is 8.63. The van der Waals surface area contributed by atoms with Crippen molar-refractivity contribution in [3.63, 3.8) is 0 Å². The smallest absolute Gasteiger partial charge is 0.182 e. The minimum atomic E-state index is 0.932. The molecular weight excluding hydrogens is 332 g/mol. The summed E-state index contributed by atoms with van der Waals surface area (Å²) in [5.41, 5.74) is 4.00. The molecule has 0 radical (unpaired) electrons. The zero-order valence-corrected chi connectivity index (χ0v) is 16.1. The number of piperazine rings is 1. The quantitative estimate of drug-likeness (QED) is 0.706. The second kappa shape index (κ2) is 11.2. The number of benzene rings is 1. The van der Waals surface area contributed by atoms with Gasteiger partial charge in [0.2, 0.25) is 0 Å². The first-order valence-electron chi connectivity index (χ1n) is 8.97. The molecule has 0 unspecified atom stereocenters. The molecule has 0 spiro atoms. The first-order chi connectivity index (χ1) is 12.3. The van der Waals surface area contributed by atoms with Gasteiger partial charge >= 0.3 is 0 Å². The number of nitrogens with zero attached hydrogens (tertiary/aromatic N) is 2. The summed E-state index contributed by atoms with van der Waals surface area (Å²) in [5.74, 6) is 0. The molecule has 3 N–H and O–H groups in total. The normalized spacial score (nSPS) is 14.7. The van der Waals surface area contributed by atoms with Gasteiger partial charge in [0, 0.05) is 51.8 Å². The summed E-state index contributed by atoms with van der Waals surface area (Å²) in [5, 5.41) is 16.9. The summed E-state index contributed by atoms with van der Waals surface area (Å²) < 4.78 is 0. The molecule has 3 rings (SSSR count). The molecule has 25 heavy (non-hydrogen) atoms. The number of hydrogen-bond donors (Lipinski definition) is 3. The van der Waals surface area contributed by atoms with E-state index >= 15 is 0 Å². The Bertz CT molecular complexity index is 594. The summed E-state index contributed by atoms with van der Waals surface area (Å²) in [6, 6.07) is 9.11. The fourth-order valence-electron chi connectivity index (χ4n) is 2.87. The van der Waals surface area contributed by atoms with E-state index in [0.717, 1.165) is 64.4 Å². The van der Waals surface area contributed by atoms with E-state index in [1.54, 1.807) is 11.3 Å². The van der Waals surface area contributed by atoms with E-state index in [9.17, 15) is 0 Å². The standard InChI is InChI=1S/C18H26N4S.CH4O/c1-2-20-18-21-17(14-23-18)8-7-15-3-5-16(6-4-15)13-22-11-9-19-10-12-22;1-2/h3-6,14,19H,2,7-13H2,1H3,(H,20,21);2H,1H3. The number of rotatable bonds is 7. The van der Waals surface area contributed by atoms with Gasteiger partial charge in [-0.1, -0.05) is 24.3 Å². The van der Waals surface area contributed by atoms with Crippen LogP contribution >= 0.6 is 11.3 Å². The first kappa shape index (κ1) is 19.8. The third-order valence-corrected chi connectivity index (χ3v) is 5.04. The molecule has 1 fully saturated rings. The van der Waals surface area contributed by atoms with Crippen LogP contribution in [0.5, 0.6) is 0 Å². The van der Waals surface area contributed by atoms with Crippen LogP contribution in [0.2, 0.25) is 0 Å². The summed E-state index contributed by atoms with van der Waals surface area (Å²) in [7, 11) is 1.00. The van der Waals surface area contributed by atoms with Crippen molar-refractivity contribution in [2.24, 2.45) is 0 Å². The highest BCUT2D eigenvalue weighted by molar-refractivity contribution is 7.13. The third-order valence-electron chi connectivity index (χ3n) is 4.19. The molecule has 2 aromatic rings. The highest BCUT2D eigenvalue weighted by Crippen LogP contribution is 2.17. The van der Waals surface area contributed by atoms with Gasteiger partial charge in [0.15, 0.2) is 5.13 Å². The van der Waals surface area contributed by atoms with Crippen LogP contribution in [-0.4, -0.2) is 54.8 Å². The Balaban J connectivity index is 0.00000109. The van der Waals surface area contributed by atoms with Crippen molar-refractivity contribution < 1.29 is 5.11 Å². The number of nitrogens with one attached hydrogen (secondary N) is 2. The second-order valence-electron chi connectivity index (χ2n) is 6.02. The van der Waals surface area contributed by atoms with Crippen molar-refractivity contribution in [2.75, 3.05) is 45.2 Å². The van der Waals surface area contributed by atoms with Gasteiger partial charge in [0.1, 0.15) is 0 Å². The SMILES string of the molecule is CCNc1nc(CCc2ccc(CN3CCNCC3)cc2)cs1.CO. The van der Waals surface area contributed by atoms with Gasteiger partial charge in [0.05, 0.1) is 5.69 Å². The lowest BCUT2D eigenvalue weighted by molar-refractivity contribution is 0.233. The van der Waals surface area contributed by atoms with E-state index in [2.05, 4.69) is 57.1 Å². The van der Waals surface area contributed by atoms with Gasteiger partial charge in [-0.25, -0.2) is 4.98 Å². The largest absolute Gasteiger partial charge is 0.400 e. The third kappa shape index (κ3) is 6.74. The molecule has 0 atom stereocenters. The molecule has 0 amide bonds. The van der Waals surface area contributed by atoms with Gasteiger partial charge in [-0.3, -0.25) is 4.90 Å². The fraction of sp³-hybridized carbons (Fsp3) is 0.526. The van der Waals surface area contributed by atoms with Gasteiger partial charge in [-0.15, -0.1) is 11.3 Å². The predicted molar refractivity (Wildman–Crippen MR) is 106 cm³/mol. The molecule has 0 aliphatic carbocycles. The Hall–Kier alpha value is -1.47. The zero-order valence-electron chi connectivity index (χ0n) is 15.3. The molecular formula is C19H30N4OS. The first-order valence-corrected chi connectivity index (χ1v) is 9.85. The maximum absolute atomic E-state index is 7.00. The number of aliphatic hydroxyl groups is 1. The summed E-state index contributed by atoms with van der Waals surface area (Å²) >= 11 is 1.70. The number of hydrogen-bond acceptors (Lipinski definition) is 6. The summed E-state index contributed by atoms with van der Waals surface area (Å²) in [4.78, 5) is 7.12. The minimum absolute atomic E-state index is 0.932. The van der Waals surface area contributed by atoms with E-state index in [-0.39, 0.29) is 0 Å². The lowest BCUT2D eigenvalue weighted by Gasteiger charge is -2.27. The van der Waals surface area contributed by atoms with E-state index < -0.39 is 0 Å². The van der Waals surface area contributed by atoms with Crippen molar-refractivity contribution in [3.05, 3.63) is 46.5 Å². The van der Waals surface area contributed by atoms with Crippen LogP contribution in [0.25, 0.3) is 0 Å². The average molecular weight is 363 g/mol. The van der Waals surface area contributed by atoms with Crippen LogP contribution in [0.1, 0.15) is 23.7 Å². The highest BCUT2D eigenvalue weighted by atomic mass is 32.1. The molecule has 6 heteroatoms. The Kier molecular flexibility index (Phi) is 8.90. The molecule has 1 aliphatic rings. The van der Waals surface area contributed by atoms with Gasteiger partial charge < -0.3 is 15.7 Å². The van der Waals surface area contributed by atoms with Gasteiger partial charge in [0.25, 0.3) is 0 Å². The second-order valence-corrected chi connectivity index (χ2v) is 6.88. The van der Waals surface area contributed by atoms with Crippen LogP contribution in [0.15, 0.2) is 29.6 Å². The minimum Gasteiger partial charge on any atom is -0.400 e. The Morgan fingerprint density at radius 3 is 2.48 bits per heavy atom. The van der Waals surface area contributed by atoms with Crippen molar-refractivity contribution in [1.82, 2.24) is 15.2 Å². The van der Waals surface area contributed by atoms with E-state index in [1.165, 1.54) is 16.8 Å². The van der Waals surface area contributed by atoms with E-state index in [0.29, 0.717) is 0 Å². The maximum Gasteiger partial charge on any atom is 0.182 e. The lowest BCUT2D eigenvalue weighted by Crippen LogP contribution is -2.42. The van der Waals surface area contributed by atoms with E-state index in [4.69, 9.17) is 5.11 Å². The molecule has 1 aromatic heterocycles. The number of aromatic nitrogens is 1. The Morgan fingerprint density at radius 2 is 1.80 bits per heavy atom. The van der Waals surface area contributed by atoms with Crippen LogP contribution in [0.4, 0.5) is 5.13 Å².